The average Bonchev–Trinajstić information content (AvgIpc) is 3.06. The molecule has 0 aliphatic heterocycles. The van der Waals surface area contributed by atoms with Gasteiger partial charge in [0.2, 0.25) is 0 Å². The first-order chi connectivity index (χ1) is 10.5. The molecule has 22 heavy (non-hydrogen) atoms. The summed E-state index contributed by atoms with van der Waals surface area (Å²) in [5.74, 6) is 1.43. The fourth-order valence-corrected chi connectivity index (χ4v) is 4.45. The quantitative estimate of drug-likeness (QED) is 0.288. The van der Waals surface area contributed by atoms with Gasteiger partial charge in [0.1, 0.15) is 5.75 Å². The minimum atomic E-state index is 0.144. The van der Waals surface area contributed by atoms with E-state index in [9.17, 15) is 5.11 Å². The summed E-state index contributed by atoms with van der Waals surface area (Å²) >= 11 is 11.9. The van der Waals surface area contributed by atoms with Crippen LogP contribution in [0.5, 0.6) is 5.75 Å². The molecule has 0 aromatic heterocycles. The molecule has 2 bridgehead atoms. The predicted octanol–water partition coefficient (Wildman–Crippen LogP) is 3.68. The lowest BCUT2D eigenvalue weighted by Gasteiger charge is -2.20. The van der Waals surface area contributed by atoms with Gasteiger partial charge in [-0.15, -0.1) is 0 Å². The summed E-state index contributed by atoms with van der Waals surface area (Å²) in [4.78, 5) is 0. The molecule has 3 rings (SSSR count). The van der Waals surface area contributed by atoms with Crippen molar-refractivity contribution in [3.63, 3.8) is 0 Å². The maximum absolute atomic E-state index is 9.95. The maximum Gasteiger partial charge on any atom is 0.187 e. The van der Waals surface area contributed by atoms with Gasteiger partial charge in [-0.2, -0.15) is 5.10 Å². The van der Waals surface area contributed by atoms with Crippen LogP contribution in [0.3, 0.4) is 0 Å². The van der Waals surface area contributed by atoms with Crippen molar-refractivity contribution in [1.82, 2.24) is 10.7 Å². The number of thiocarbonyl (C=S) groups is 1. The van der Waals surface area contributed by atoms with E-state index in [4.69, 9.17) is 12.2 Å². The first-order valence-electron chi connectivity index (χ1n) is 6.99. The molecule has 7 heteroatoms. The molecule has 3 atom stereocenters. The zero-order valence-electron chi connectivity index (χ0n) is 11.6. The van der Waals surface area contributed by atoms with E-state index in [1.54, 1.807) is 18.3 Å². The zero-order valence-corrected chi connectivity index (χ0v) is 15.6. The Balaban J connectivity index is 1.56. The highest BCUT2D eigenvalue weighted by Crippen LogP contribution is 2.38. The van der Waals surface area contributed by atoms with Crippen LogP contribution < -0.4 is 10.7 Å². The van der Waals surface area contributed by atoms with E-state index in [1.165, 1.54) is 6.42 Å². The van der Waals surface area contributed by atoms with Crippen LogP contribution in [0.25, 0.3) is 0 Å². The van der Waals surface area contributed by atoms with Gasteiger partial charge in [0.05, 0.1) is 10.7 Å². The highest BCUT2D eigenvalue weighted by atomic mass is 79.9. The number of allylic oxidation sites excluding steroid dienone is 1. The number of benzene rings is 1. The van der Waals surface area contributed by atoms with Crippen molar-refractivity contribution in [2.75, 3.05) is 0 Å². The van der Waals surface area contributed by atoms with E-state index < -0.39 is 0 Å². The normalized spacial score (nSPS) is 25.8. The van der Waals surface area contributed by atoms with E-state index >= 15 is 0 Å². The number of hydrogen-bond acceptors (Lipinski definition) is 3. The van der Waals surface area contributed by atoms with Gasteiger partial charge in [-0.1, -0.05) is 28.1 Å². The number of rotatable bonds is 3. The van der Waals surface area contributed by atoms with Gasteiger partial charge in [0.25, 0.3) is 0 Å². The van der Waals surface area contributed by atoms with E-state index in [1.807, 2.05) is 0 Å². The lowest BCUT2D eigenvalue weighted by molar-refractivity contribution is 0.471. The molecule has 3 N–H and O–H groups in total. The minimum absolute atomic E-state index is 0.144. The van der Waals surface area contributed by atoms with Gasteiger partial charge in [-0.3, -0.25) is 5.43 Å². The third kappa shape index (κ3) is 3.52. The molecule has 0 spiro atoms. The number of hydrazone groups is 1. The van der Waals surface area contributed by atoms with Crippen LogP contribution in [0.1, 0.15) is 18.4 Å². The van der Waals surface area contributed by atoms with Crippen molar-refractivity contribution >= 4 is 55.4 Å². The third-order valence-corrected chi connectivity index (χ3v) is 5.29. The van der Waals surface area contributed by atoms with Gasteiger partial charge >= 0.3 is 0 Å². The molecule has 0 amide bonds. The van der Waals surface area contributed by atoms with E-state index in [2.05, 4.69) is 59.9 Å². The van der Waals surface area contributed by atoms with Gasteiger partial charge in [0.15, 0.2) is 5.11 Å². The Labute approximate surface area is 151 Å². The molecule has 0 unspecified atom stereocenters. The molecular weight excluding hydrogens is 430 g/mol. The number of halogens is 2. The van der Waals surface area contributed by atoms with Gasteiger partial charge in [-0.25, -0.2) is 0 Å². The van der Waals surface area contributed by atoms with E-state index in [-0.39, 0.29) is 5.75 Å². The van der Waals surface area contributed by atoms with Crippen LogP contribution in [-0.2, 0) is 0 Å². The molecule has 4 nitrogen and oxygen atoms in total. The summed E-state index contributed by atoms with van der Waals surface area (Å²) in [7, 11) is 0. The van der Waals surface area contributed by atoms with Crippen LogP contribution in [0.4, 0.5) is 0 Å². The molecule has 0 radical (unpaired) electrons. The van der Waals surface area contributed by atoms with Crippen molar-refractivity contribution in [3.8, 4) is 5.75 Å². The van der Waals surface area contributed by atoms with Gasteiger partial charge < -0.3 is 10.4 Å². The Hall–Kier alpha value is -0.920. The second-order valence-electron chi connectivity index (χ2n) is 5.56. The molecule has 2 aliphatic carbocycles. The van der Waals surface area contributed by atoms with Crippen molar-refractivity contribution in [2.24, 2.45) is 16.9 Å². The van der Waals surface area contributed by atoms with Crippen LogP contribution in [-0.4, -0.2) is 22.5 Å². The number of phenols is 1. The summed E-state index contributed by atoms with van der Waals surface area (Å²) < 4.78 is 1.46. The molecule has 0 heterocycles. The van der Waals surface area contributed by atoms with E-state index in [0.29, 0.717) is 33.0 Å². The van der Waals surface area contributed by atoms with Gasteiger partial charge in [-0.05, 0) is 65.0 Å². The molecule has 1 aromatic rings. The Kier molecular flexibility index (Phi) is 4.84. The second kappa shape index (κ2) is 6.68. The summed E-state index contributed by atoms with van der Waals surface area (Å²) in [6.45, 7) is 0. The third-order valence-electron chi connectivity index (χ3n) is 4.02. The summed E-state index contributed by atoms with van der Waals surface area (Å²) in [5, 5.41) is 17.9. The zero-order chi connectivity index (χ0) is 15.7. The SMILES string of the molecule is Oc1c(Br)cc(Br)cc1/C=N\NC(=S)N[C@H]1C[C@@H]2C=C[C@@H]1C2. The topological polar surface area (TPSA) is 56.7 Å². The second-order valence-corrected chi connectivity index (χ2v) is 7.73. The van der Waals surface area contributed by atoms with Crippen LogP contribution in [0.15, 0.2) is 38.3 Å². The van der Waals surface area contributed by atoms with Crippen molar-refractivity contribution in [2.45, 2.75) is 18.9 Å². The number of aromatic hydroxyl groups is 1. The Morgan fingerprint density at radius 3 is 2.82 bits per heavy atom. The fraction of sp³-hybridized carbons (Fsp3) is 0.333. The number of nitrogens with one attached hydrogen (secondary N) is 2. The van der Waals surface area contributed by atoms with E-state index in [0.717, 1.165) is 10.9 Å². The molecule has 1 aromatic carbocycles. The number of phenolic OH excluding ortho intramolecular Hbond substituents is 1. The molecule has 1 fully saturated rings. The number of nitrogens with zero attached hydrogens (tertiary/aromatic N) is 1. The number of hydrogen-bond donors (Lipinski definition) is 3. The van der Waals surface area contributed by atoms with Crippen LogP contribution in [0.2, 0.25) is 0 Å². The fourth-order valence-electron chi connectivity index (χ4n) is 2.99. The minimum Gasteiger partial charge on any atom is -0.506 e. The van der Waals surface area contributed by atoms with Crippen LogP contribution in [0, 0.1) is 11.8 Å². The summed E-state index contributed by atoms with van der Waals surface area (Å²) in [6, 6.07) is 3.95. The Bertz CT molecular complexity index is 662. The van der Waals surface area contributed by atoms with Crippen molar-refractivity contribution < 1.29 is 5.11 Å². The standard InChI is InChI=1S/C15H15Br2N3OS/c16-11-5-10(14(21)12(17)6-11)7-18-20-15(22)19-13-4-8-1-2-9(13)3-8/h1-2,5-9,13,21H,3-4H2,(H2,19,20,22)/b18-7-/t8-,9-,13+/m1/s1. The molecular formula is C15H15Br2N3OS. The van der Waals surface area contributed by atoms with Gasteiger partial charge in [0, 0.05) is 16.1 Å². The van der Waals surface area contributed by atoms with Crippen LogP contribution >= 0.6 is 44.1 Å². The first kappa shape index (κ1) is 16.0. The predicted molar refractivity (Wildman–Crippen MR) is 99.1 cm³/mol. The average molecular weight is 445 g/mol. The largest absolute Gasteiger partial charge is 0.506 e. The van der Waals surface area contributed by atoms with Crippen molar-refractivity contribution in [1.29, 1.82) is 0 Å². The molecule has 2 aliphatic rings. The first-order valence-corrected chi connectivity index (χ1v) is 8.98. The lowest BCUT2D eigenvalue weighted by atomic mass is 10.0. The molecule has 1 saturated carbocycles. The monoisotopic (exact) mass is 443 g/mol. The highest BCUT2D eigenvalue weighted by molar-refractivity contribution is 9.11. The summed E-state index contributed by atoms with van der Waals surface area (Å²) in [6.07, 6.45) is 8.47. The number of fused-ring (bicyclic) bond motifs is 2. The molecule has 116 valence electrons. The van der Waals surface area contributed by atoms with Crippen molar-refractivity contribution in [3.05, 3.63) is 38.8 Å². The highest BCUT2D eigenvalue weighted by Gasteiger charge is 2.35. The Morgan fingerprint density at radius 1 is 1.32 bits per heavy atom. The molecule has 0 saturated heterocycles. The lowest BCUT2D eigenvalue weighted by Crippen LogP contribution is -2.42. The maximum atomic E-state index is 9.95. The smallest absolute Gasteiger partial charge is 0.187 e. The summed E-state index contributed by atoms with van der Waals surface area (Å²) in [5.41, 5.74) is 3.40. The Morgan fingerprint density at radius 2 is 2.14 bits per heavy atom.